The average molecular weight is 795 g/mol. The van der Waals surface area contributed by atoms with Crippen LogP contribution < -0.4 is 0 Å². The highest BCUT2D eigenvalue weighted by molar-refractivity contribution is 6.82. The van der Waals surface area contributed by atoms with Crippen molar-refractivity contribution >= 4 is 291 Å². The van der Waals surface area contributed by atoms with Crippen LogP contribution in [0.1, 0.15) is 35.6 Å². The van der Waals surface area contributed by atoms with Crippen molar-refractivity contribution in [2.75, 3.05) is 0 Å². The Morgan fingerprint density at radius 3 is 0.538 bits per heavy atom. The highest BCUT2D eigenvalue weighted by Crippen LogP contribution is 2.86. The second kappa shape index (κ2) is 4.98. The smallest absolute Gasteiger partial charge is 0.165 e. The van der Waals surface area contributed by atoms with Crippen LogP contribution in [-0.4, -0.2) is 10.9 Å². The van der Waals surface area contributed by atoms with E-state index >= 15 is 0 Å². The van der Waals surface area contributed by atoms with Crippen LogP contribution in [0.5, 0.6) is 0 Å². The minimum absolute atomic E-state index is 0.540. The standard InChI is InChI=1S/C63H6O2/c1-61(64)2-62-57-49-41-31-21-13-5-3-4-7-11-9(5)17-25-19(11)29-23-15(7)16-8(4)12-10-6(3)14(13)22-28-18(10)26-20(12)30-24(16)34-33(23)45-39(29)47-37(25)43(35(41)27(17)21)51(57)53(47)59-55(45)56-46(34)40(30)48-38(26)44-36(28)42(32(22)31)50(49)58(62)52(44)54(48)60(56)63(59,62)65-61/h64H,2H2,1H3. The Labute approximate surface area is 351 Å². The van der Waals surface area contributed by atoms with Gasteiger partial charge < -0.3 is 9.84 Å². The maximum absolute atomic E-state index is 13.3. The maximum atomic E-state index is 13.3. The van der Waals surface area contributed by atoms with Gasteiger partial charge in [0, 0.05) is 17.5 Å². The molecule has 2 nitrogen and oxygen atoms in total. The highest BCUT2D eigenvalue weighted by atomic mass is 16.6. The lowest BCUT2D eigenvalue weighted by Crippen LogP contribution is -2.48. The Balaban J connectivity index is 1.28. The lowest BCUT2D eigenvalue weighted by Gasteiger charge is -2.48. The summed E-state index contributed by atoms with van der Waals surface area (Å²) in [5.74, 6) is -1.31. The number of hydrogen-bond acceptors (Lipinski definition) is 2. The van der Waals surface area contributed by atoms with Crippen LogP contribution >= 0.6 is 0 Å². The molecule has 0 amide bonds. The summed E-state index contributed by atoms with van der Waals surface area (Å²) in [6, 6.07) is 0. The fourth-order valence-corrected chi connectivity index (χ4v) is 24.7. The Hall–Kier alpha value is -7.62. The molecule has 0 radical (unpaired) electrons. The van der Waals surface area contributed by atoms with Gasteiger partial charge in [0.25, 0.3) is 0 Å². The molecule has 1 aliphatic heterocycles. The van der Waals surface area contributed by atoms with Crippen LogP contribution in [0.15, 0.2) is 0 Å². The van der Waals surface area contributed by atoms with Crippen molar-refractivity contribution in [3.8, 4) is 0 Å². The lowest BCUT2D eigenvalue weighted by molar-refractivity contribution is -0.204. The van der Waals surface area contributed by atoms with E-state index in [-0.39, 0.29) is 0 Å². The molecule has 1 fully saturated rings. The molecule has 1 N–H and O–H groups in total. The molecule has 0 aromatic heterocycles. The molecule has 1 atom stereocenters. The van der Waals surface area contributed by atoms with Crippen molar-refractivity contribution in [1.29, 1.82) is 0 Å². The van der Waals surface area contributed by atoms with Crippen LogP contribution in [0.25, 0.3) is 291 Å². The predicted molar refractivity (Wildman–Crippen MR) is 270 cm³/mol. The van der Waals surface area contributed by atoms with Gasteiger partial charge in [0.2, 0.25) is 0 Å². The monoisotopic (exact) mass is 794 g/mol. The number of aliphatic hydroxyl groups is 1. The van der Waals surface area contributed by atoms with Crippen LogP contribution in [0.2, 0.25) is 0 Å². The molecule has 270 valence electrons. The second-order valence-electron chi connectivity index (χ2n) is 24.8. The van der Waals surface area contributed by atoms with Gasteiger partial charge in [0.05, 0.1) is 5.41 Å². The van der Waals surface area contributed by atoms with Gasteiger partial charge in [-0.05, 0) is 309 Å². The lowest BCUT2D eigenvalue weighted by atomic mass is 9.54. The summed E-state index contributed by atoms with van der Waals surface area (Å²) in [5.41, 5.74) is 4.69. The van der Waals surface area contributed by atoms with Crippen molar-refractivity contribution in [1.82, 2.24) is 0 Å². The van der Waals surface area contributed by atoms with E-state index in [4.69, 9.17) is 4.74 Å². The van der Waals surface area contributed by atoms with E-state index < -0.39 is 16.8 Å². The first-order valence-electron chi connectivity index (χ1n) is 24.3. The third-order valence-corrected chi connectivity index (χ3v) is 24.4. The molecular weight excluding hydrogens is 789 g/mol. The molecule has 33 rings (SSSR count). The topological polar surface area (TPSA) is 29.5 Å². The molecule has 4 aliphatic carbocycles. The van der Waals surface area contributed by atoms with Gasteiger partial charge in [-0.2, -0.15) is 0 Å². The summed E-state index contributed by atoms with van der Waals surface area (Å²) in [7, 11) is 0. The zero-order chi connectivity index (χ0) is 38.4. The Kier molecular flexibility index (Phi) is 1.79. The van der Waals surface area contributed by atoms with Crippen LogP contribution in [0.3, 0.4) is 0 Å². The first-order chi connectivity index (χ1) is 32.2. The van der Waals surface area contributed by atoms with Crippen LogP contribution in [-0.2, 0) is 15.8 Å². The van der Waals surface area contributed by atoms with E-state index in [1.165, 1.54) is 32.7 Å². The van der Waals surface area contributed by atoms with Gasteiger partial charge in [-0.25, -0.2) is 0 Å². The SMILES string of the molecule is CC1(O)CC23c4c5c6c7c8c9c(c%10c%11c2c2c4c4c%12c5c5c6c6c8c8c%13c9c9c%10c%10c%11c%11c2c2c4c4c%12c%12c5c5c6c8c6c8c%13c9c9c%10c%10c%11c2c2c4c4c%12c5c6c5c8c9c%10c2c45)C73O1. The van der Waals surface area contributed by atoms with Gasteiger partial charge in [0.15, 0.2) is 5.79 Å². The first-order valence-corrected chi connectivity index (χ1v) is 24.3. The summed E-state index contributed by atoms with van der Waals surface area (Å²) >= 11 is 0. The minimum atomic E-state index is -1.31. The number of ether oxygens (including phenoxy) is 1. The molecule has 5 aliphatic rings. The summed E-state index contributed by atoms with van der Waals surface area (Å²) < 4.78 is 8.09. The first kappa shape index (κ1) is 23.4. The van der Waals surface area contributed by atoms with Crippen LogP contribution in [0, 0.1) is 0 Å². The van der Waals surface area contributed by atoms with E-state index in [2.05, 4.69) is 6.92 Å². The molecule has 65 heavy (non-hydrogen) atoms. The number of benzene rings is 18. The van der Waals surface area contributed by atoms with E-state index in [0.29, 0.717) is 6.42 Å². The van der Waals surface area contributed by atoms with E-state index in [1.807, 2.05) is 0 Å². The average Bonchev–Trinajstić information content (AvgIpc) is 4.12. The van der Waals surface area contributed by atoms with Gasteiger partial charge in [-0.3, -0.25) is 0 Å². The molecule has 28 aromatic carbocycles. The molecule has 2 heteroatoms. The molecule has 2 spiro atoms. The second-order valence-corrected chi connectivity index (χ2v) is 24.8. The zero-order valence-electron chi connectivity index (χ0n) is 33.1. The van der Waals surface area contributed by atoms with Gasteiger partial charge in [-0.1, -0.05) is 0 Å². The molecule has 0 saturated carbocycles. The summed E-state index contributed by atoms with van der Waals surface area (Å²) in [5, 5.41) is 99.3. The van der Waals surface area contributed by atoms with E-state index in [0.717, 1.165) is 0 Å². The Bertz CT molecular complexity index is 6440. The fraction of sp³-hybridized carbons (Fsp3) is 0.0794. The third kappa shape index (κ3) is 1.17. The molecule has 1 heterocycles. The number of hydrogen-bond donors (Lipinski definition) is 1. The minimum Gasteiger partial charge on any atom is -0.366 e. The van der Waals surface area contributed by atoms with E-state index in [9.17, 15) is 5.11 Å². The summed E-state index contributed by atoms with van der Waals surface area (Å²) in [6.45, 7) is 2.05. The largest absolute Gasteiger partial charge is 0.366 e. The summed E-state index contributed by atoms with van der Waals surface area (Å²) in [4.78, 5) is 0. The quantitative estimate of drug-likeness (QED) is 0.155. The highest BCUT2D eigenvalue weighted by Gasteiger charge is 2.76. The van der Waals surface area contributed by atoms with Gasteiger partial charge in [0.1, 0.15) is 5.60 Å². The predicted octanol–water partition coefficient (Wildman–Crippen LogP) is 16.4. The van der Waals surface area contributed by atoms with Gasteiger partial charge in [-0.15, -0.1) is 0 Å². The van der Waals surface area contributed by atoms with Crippen molar-refractivity contribution < 1.29 is 9.84 Å². The molecule has 0 bridgehead atoms. The Morgan fingerprint density at radius 1 is 0.231 bits per heavy atom. The molecule has 1 unspecified atom stereocenters. The molecule has 1 saturated heterocycles. The normalized spacial score (nSPS) is 25.8. The Morgan fingerprint density at radius 2 is 0.369 bits per heavy atom. The summed E-state index contributed by atoms with van der Waals surface area (Å²) in [6.07, 6.45) is 0.593. The zero-order valence-corrected chi connectivity index (χ0v) is 33.1. The molecule has 28 aromatic rings. The van der Waals surface area contributed by atoms with Crippen LogP contribution in [0.4, 0.5) is 0 Å². The van der Waals surface area contributed by atoms with Gasteiger partial charge >= 0.3 is 0 Å². The van der Waals surface area contributed by atoms with Crippen molar-refractivity contribution in [2.45, 2.75) is 30.1 Å². The maximum Gasteiger partial charge on any atom is 0.165 e. The third-order valence-electron chi connectivity index (χ3n) is 24.4. The van der Waals surface area contributed by atoms with Crippen molar-refractivity contribution in [3.05, 3.63) is 22.3 Å². The van der Waals surface area contributed by atoms with E-state index in [1.54, 1.807) is 280 Å². The number of rotatable bonds is 0. The van der Waals surface area contributed by atoms with Crippen molar-refractivity contribution in [3.63, 3.8) is 0 Å². The fourth-order valence-electron chi connectivity index (χ4n) is 24.7. The molecular formula is C63H6O2. The van der Waals surface area contributed by atoms with Crippen molar-refractivity contribution in [2.24, 2.45) is 0 Å².